The summed E-state index contributed by atoms with van der Waals surface area (Å²) >= 11 is 0. The van der Waals surface area contributed by atoms with Crippen LogP contribution >= 0.6 is 8.53 Å². The molecule has 0 aliphatic carbocycles. The van der Waals surface area contributed by atoms with Gasteiger partial charge in [-0.25, -0.2) is 16.0 Å². The summed E-state index contributed by atoms with van der Waals surface area (Å²) in [7, 11) is -1.28. The van der Waals surface area contributed by atoms with Crippen molar-refractivity contribution in [2.75, 3.05) is 26.4 Å². The molecule has 0 aliphatic heterocycles. The smallest absolute Gasteiger partial charge is 0.330 e. The number of aromatic amines is 1. The van der Waals surface area contributed by atoms with Crippen LogP contribution in [-0.2, 0) is 20.5 Å². The fraction of sp³-hybridized carbons (Fsp3) is 0.737. The molecule has 1 aromatic heterocycles. The van der Waals surface area contributed by atoms with Crippen molar-refractivity contribution >= 4 is 8.53 Å². The van der Waals surface area contributed by atoms with E-state index in [0.717, 1.165) is 6.42 Å². The number of aromatic nitrogens is 2. The van der Waals surface area contributed by atoms with Crippen LogP contribution in [0.4, 0.5) is 0 Å². The molecule has 9 nitrogen and oxygen atoms in total. The summed E-state index contributed by atoms with van der Waals surface area (Å²) < 4.78 is 21.2. The summed E-state index contributed by atoms with van der Waals surface area (Å²) in [5.74, 6) is 0.129. The van der Waals surface area contributed by atoms with E-state index in [0.29, 0.717) is 26.4 Å². The third-order valence-corrected chi connectivity index (χ3v) is 6.20. The Balaban J connectivity index is 2.62. The van der Waals surface area contributed by atoms with E-state index in [1.807, 2.05) is 6.92 Å². The third kappa shape index (κ3) is 9.20. The molecule has 0 aliphatic rings. The first-order chi connectivity index (χ1) is 13.8. The summed E-state index contributed by atoms with van der Waals surface area (Å²) in [6, 6.07) is 1.78. The Morgan fingerprint density at radius 2 is 1.90 bits per heavy atom. The highest BCUT2D eigenvalue weighted by Gasteiger charge is 2.28. The van der Waals surface area contributed by atoms with Crippen molar-refractivity contribution in [1.82, 2.24) is 14.2 Å². The van der Waals surface area contributed by atoms with Crippen molar-refractivity contribution in [3.63, 3.8) is 0 Å². The van der Waals surface area contributed by atoms with Crippen molar-refractivity contribution in [1.29, 1.82) is 0 Å². The molecule has 164 valence electrons. The normalized spacial score (nSPS) is 13.8. The number of hydrogen-bond donors (Lipinski definition) is 1. The van der Waals surface area contributed by atoms with E-state index in [9.17, 15) is 9.59 Å². The van der Waals surface area contributed by atoms with Crippen molar-refractivity contribution < 1.29 is 13.8 Å². The molecule has 0 saturated heterocycles. The minimum atomic E-state index is -1.28. The molecule has 1 unspecified atom stereocenters. The lowest BCUT2D eigenvalue weighted by Crippen LogP contribution is -2.34. The van der Waals surface area contributed by atoms with Gasteiger partial charge in [0, 0.05) is 30.3 Å². The molecule has 1 N–H and O–H groups in total. The van der Waals surface area contributed by atoms with Gasteiger partial charge in [-0.3, -0.25) is 14.3 Å². The standard InChI is InChI=1S/C19H33N4O5P/c1-7-17(12-26-14-22-10-8-18(24)21-19(22)25)13-28-29(27-11-9-20-6)23(15(2)3)16(4)5/h8,10,15-17H,7,9,11-14H2,1-5H3,(H,21,24,25)/t17-,29?/m1/s1. The minimum absolute atomic E-state index is 0.0620. The Kier molecular flexibility index (Phi) is 12.0. The van der Waals surface area contributed by atoms with Gasteiger partial charge in [0.1, 0.15) is 13.3 Å². The summed E-state index contributed by atoms with van der Waals surface area (Å²) in [5, 5.41) is 0. The average molecular weight is 428 g/mol. The first-order valence-electron chi connectivity index (χ1n) is 9.85. The molecule has 1 heterocycles. The SMILES string of the molecule is [C-]#[N+]CCOP(OC[C@H](CC)COCn1ccc(=O)[nH]c1=O)N(C(C)C)C(C)C. The number of nitrogens with zero attached hydrogens (tertiary/aromatic N) is 3. The van der Waals surface area contributed by atoms with Crippen LogP contribution in [0.3, 0.4) is 0 Å². The molecular formula is C19H33N4O5P. The van der Waals surface area contributed by atoms with E-state index in [1.54, 1.807) is 0 Å². The lowest BCUT2D eigenvalue weighted by atomic mass is 10.1. The summed E-state index contributed by atoms with van der Waals surface area (Å²) in [5.41, 5.74) is -0.930. The summed E-state index contributed by atoms with van der Waals surface area (Å²) in [6.07, 6.45) is 2.25. The number of nitrogens with one attached hydrogen (secondary N) is 1. The van der Waals surface area contributed by atoms with Gasteiger partial charge >= 0.3 is 5.69 Å². The highest BCUT2D eigenvalue weighted by Crippen LogP contribution is 2.46. The van der Waals surface area contributed by atoms with Gasteiger partial charge in [0.2, 0.25) is 6.54 Å². The summed E-state index contributed by atoms with van der Waals surface area (Å²) in [4.78, 5) is 28.3. The molecule has 0 spiro atoms. The van der Waals surface area contributed by atoms with Crippen molar-refractivity contribution in [3.05, 3.63) is 44.5 Å². The van der Waals surface area contributed by atoms with Crippen molar-refractivity contribution in [3.8, 4) is 0 Å². The first kappa shape index (κ1) is 25.5. The molecule has 10 heteroatoms. The van der Waals surface area contributed by atoms with E-state index < -0.39 is 19.8 Å². The van der Waals surface area contributed by atoms with Crippen LogP contribution in [0.15, 0.2) is 21.9 Å². The molecule has 0 bridgehead atoms. The molecule has 29 heavy (non-hydrogen) atoms. The zero-order valence-electron chi connectivity index (χ0n) is 18.0. The Morgan fingerprint density at radius 3 is 2.45 bits per heavy atom. The molecule has 0 radical (unpaired) electrons. The van der Waals surface area contributed by atoms with Gasteiger partial charge in [0.25, 0.3) is 14.1 Å². The van der Waals surface area contributed by atoms with E-state index in [2.05, 4.69) is 42.2 Å². The Morgan fingerprint density at radius 1 is 1.21 bits per heavy atom. The van der Waals surface area contributed by atoms with Gasteiger partial charge in [-0.1, -0.05) is 6.92 Å². The predicted octanol–water partition coefficient (Wildman–Crippen LogP) is 2.84. The van der Waals surface area contributed by atoms with E-state index in [4.69, 9.17) is 20.4 Å². The summed E-state index contributed by atoms with van der Waals surface area (Å²) in [6.45, 7) is 18.9. The zero-order chi connectivity index (χ0) is 21.8. The predicted molar refractivity (Wildman–Crippen MR) is 113 cm³/mol. The van der Waals surface area contributed by atoms with Gasteiger partial charge < -0.3 is 18.6 Å². The maximum absolute atomic E-state index is 11.7. The number of hydrogen-bond acceptors (Lipinski definition) is 6. The highest BCUT2D eigenvalue weighted by atomic mass is 31.2. The monoisotopic (exact) mass is 428 g/mol. The number of rotatable bonds is 14. The second-order valence-corrected chi connectivity index (χ2v) is 8.62. The largest absolute Gasteiger partial charge is 0.360 e. The Bertz CT molecular complexity index is 735. The van der Waals surface area contributed by atoms with E-state index >= 15 is 0 Å². The van der Waals surface area contributed by atoms with Crippen LogP contribution in [0.1, 0.15) is 41.0 Å². The molecule has 0 amide bonds. The van der Waals surface area contributed by atoms with Gasteiger partial charge in [0.05, 0.1) is 13.2 Å². The average Bonchev–Trinajstić information content (AvgIpc) is 2.65. The third-order valence-electron chi connectivity index (χ3n) is 4.13. The topological polar surface area (TPSA) is 90.1 Å². The van der Waals surface area contributed by atoms with Crippen molar-refractivity contribution in [2.45, 2.75) is 59.9 Å². The Labute approximate surface area is 173 Å². The fourth-order valence-electron chi connectivity index (χ4n) is 2.63. The lowest BCUT2D eigenvalue weighted by Gasteiger charge is -2.36. The molecule has 1 aromatic rings. The molecule has 0 fully saturated rings. The highest BCUT2D eigenvalue weighted by molar-refractivity contribution is 7.44. The van der Waals surface area contributed by atoms with Gasteiger partial charge in [-0.15, -0.1) is 0 Å². The van der Waals surface area contributed by atoms with Crippen LogP contribution in [0.25, 0.3) is 4.85 Å². The lowest BCUT2D eigenvalue weighted by molar-refractivity contribution is 0.0302. The number of ether oxygens (including phenoxy) is 1. The second kappa shape index (κ2) is 13.6. The fourth-order valence-corrected chi connectivity index (χ4v) is 4.30. The van der Waals surface area contributed by atoms with Gasteiger partial charge in [-0.2, -0.15) is 0 Å². The van der Waals surface area contributed by atoms with Crippen molar-refractivity contribution in [2.24, 2.45) is 5.92 Å². The first-order valence-corrected chi connectivity index (χ1v) is 11.0. The van der Waals surface area contributed by atoms with Crippen LogP contribution in [0.5, 0.6) is 0 Å². The molecule has 0 aromatic carbocycles. The van der Waals surface area contributed by atoms with Crippen LogP contribution in [0.2, 0.25) is 0 Å². The van der Waals surface area contributed by atoms with Crippen LogP contribution < -0.4 is 11.2 Å². The van der Waals surface area contributed by atoms with Gasteiger partial charge in [0.15, 0.2) is 0 Å². The minimum Gasteiger partial charge on any atom is -0.360 e. The molecule has 0 saturated carbocycles. The van der Waals surface area contributed by atoms with E-state index in [-0.39, 0.29) is 24.7 Å². The quantitative estimate of drug-likeness (QED) is 0.278. The molecule has 2 atom stereocenters. The molecule has 1 rings (SSSR count). The Hall–Kier alpha value is -1.56. The molecular weight excluding hydrogens is 395 g/mol. The number of H-pyrrole nitrogens is 1. The van der Waals surface area contributed by atoms with E-state index in [1.165, 1.54) is 16.8 Å². The second-order valence-electron chi connectivity index (χ2n) is 7.17. The van der Waals surface area contributed by atoms with Crippen LogP contribution in [-0.4, -0.2) is 52.7 Å². The maximum Gasteiger partial charge on any atom is 0.330 e. The zero-order valence-corrected chi connectivity index (χ0v) is 18.9. The maximum atomic E-state index is 11.7. The van der Waals surface area contributed by atoms with Gasteiger partial charge in [-0.05, 0) is 34.1 Å². The van der Waals surface area contributed by atoms with Crippen LogP contribution in [0, 0.1) is 12.5 Å².